The number of hydrogen-bond donors (Lipinski definition) is 1. The van der Waals surface area contributed by atoms with Gasteiger partial charge in [0, 0.05) is 24.8 Å². The van der Waals surface area contributed by atoms with Gasteiger partial charge in [-0.2, -0.15) is 0 Å². The molecular weight excluding hydrogens is 181 g/mol. The van der Waals surface area contributed by atoms with Crippen LogP contribution in [0.1, 0.15) is 27.7 Å². The summed E-state index contributed by atoms with van der Waals surface area (Å²) in [5.41, 5.74) is 0. The molecule has 72 valence electrons. The van der Waals surface area contributed by atoms with E-state index in [0.29, 0.717) is 11.8 Å². The molecule has 11 heavy (non-hydrogen) atoms. The van der Waals surface area contributed by atoms with Gasteiger partial charge in [-0.3, -0.25) is 0 Å². The summed E-state index contributed by atoms with van der Waals surface area (Å²) in [5.74, 6) is 1.33. The number of halogens is 2. The monoisotopic (exact) mass is 201 g/mol. The van der Waals surface area contributed by atoms with Crippen molar-refractivity contribution in [2.75, 3.05) is 24.8 Å². The molecule has 0 aliphatic carbocycles. The third kappa shape index (κ3) is 37.3. The van der Waals surface area contributed by atoms with Gasteiger partial charge in [-0.1, -0.05) is 27.7 Å². The molecule has 0 heterocycles. The predicted molar refractivity (Wildman–Crippen MR) is 57.0 cm³/mol. The molecule has 0 bridgehead atoms. The van der Waals surface area contributed by atoms with Gasteiger partial charge < -0.3 is 5.32 Å². The molecule has 0 saturated heterocycles. The zero-order chi connectivity index (χ0) is 9.54. The molecule has 0 aromatic rings. The van der Waals surface area contributed by atoms with E-state index in [1.807, 2.05) is 27.7 Å². The Bertz CT molecular complexity index is 31.3. The SMILES string of the molecule is CC.CC.ClCCNCCCl. The zero-order valence-corrected chi connectivity index (χ0v) is 9.60. The van der Waals surface area contributed by atoms with Crippen LogP contribution >= 0.6 is 23.2 Å². The summed E-state index contributed by atoms with van der Waals surface area (Å²) < 4.78 is 0. The first-order valence-corrected chi connectivity index (χ1v) is 5.31. The predicted octanol–water partition coefficient (Wildman–Crippen LogP) is 3.11. The standard InChI is InChI=1S/C4H9Cl2N.2C2H6/c5-1-3-7-4-2-6;2*1-2/h7H,1-4H2;2*1-2H3. The van der Waals surface area contributed by atoms with Crippen molar-refractivity contribution in [3.05, 3.63) is 0 Å². The van der Waals surface area contributed by atoms with Crippen LogP contribution in [0.5, 0.6) is 0 Å². The van der Waals surface area contributed by atoms with Crippen molar-refractivity contribution in [2.45, 2.75) is 27.7 Å². The molecule has 0 spiro atoms. The minimum absolute atomic E-state index is 0.664. The van der Waals surface area contributed by atoms with Crippen LogP contribution in [0.3, 0.4) is 0 Å². The second-order valence-corrected chi connectivity index (χ2v) is 1.88. The zero-order valence-electron chi connectivity index (χ0n) is 8.08. The summed E-state index contributed by atoms with van der Waals surface area (Å²) in [6, 6.07) is 0. The first-order chi connectivity index (χ1) is 5.41. The van der Waals surface area contributed by atoms with Crippen LogP contribution in [-0.2, 0) is 0 Å². The molecular formula is C8H21Cl2N. The largest absolute Gasteiger partial charge is 0.314 e. The third-order valence-corrected chi connectivity index (χ3v) is 0.921. The molecule has 1 nitrogen and oxygen atoms in total. The minimum Gasteiger partial charge on any atom is -0.314 e. The van der Waals surface area contributed by atoms with Crippen LogP contribution < -0.4 is 5.32 Å². The Morgan fingerprint density at radius 1 is 0.818 bits per heavy atom. The van der Waals surface area contributed by atoms with Gasteiger partial charge >= 0.3 is 0 Å². The molecule has 0 unspecified atom stereocenters. The van der Waals surface area contributed by atoms with Gasteiger partial charge in [0.15, 0.2) is 0 Å². The van der Waals surface area contributed by atoms with Crippen molar-refractivity contribution in [1.82, 2.24) is 5.32 Å². The normalized spacial score (nSPS) is 7.09. The van der Waals surface area contributed by atoms with Gasteiger partial charge in [0.1, 0.15) is 0 Å². The van der Waals surface area contributed by atoms with Crippen LogP contribution in [0.4, 0.5) is 0 Å². The summed E-state index contributed by atoms with van der Waals surface area (Å²) in [4.78, 5) is 0. The average Bonchev–Trinajstić information content (AvgIpc) is 2.13. The Morgan fingerprint density at radius 2 is 1.09 bits per heavy atom. The van der Waals surface area contributed by atoms with E-state index >= 15 is 0 Å². The van der Waals surface area contributed by atoms with Gasteiger partial charge in [0.2, 0.25) is 0 Å². The lowest BCUT2D eigenvalue weighted by atomic mass is 10.7. The maximum Gasteiger partial charge on any atom is 0.0348 e. The first-order valence-electron chi connectivity index (χ1n) is 4.24. The first kappa shape index (κ1) is 17.6. The van der Waals surface area contributed by atoms with E-state index in [2.05, 4.69) is 5.32 Å². The van der Waals surface area contributed by atoms with Crippen LogP contribution in [-0.4, -0.2) is 24.8 Å². The molecule has 0 aliphatic heterocycles. The van der Waals surface area contributed by atoms with E-state index in [1.54, 1.807) is 0 Å². The summed E-state index contributed by atoms with van der Waals surface area (Å²) in [5, 5.41) is 3.02. The highest BCUT2D eigenvalue weighted by Crippen LogP contribution is 1.71. The van der Waals surface area contributed by atoms with Crippen molar-refractivity contribution in [2.24, 2.45) is 0 Å². The fourth-order valence-electron chi connectivity index (χ4n) is 0.259. The quantitative estimate of drug-likeness (QED) is 0.545. The Kier molecular flexibility index (Phi) is 49.9. The highest BCUT2D eigenvalue weighted by Gasteiger charge is 1.78. The maximum atomic E-state index is 5.33. The smallest absolute Gasteiger partial charge is 0.0348 e. The summed E-state index contributed by atoms with van der Waals surface area (Å²) >= 11 is 10.7. The van der Waals surface area contributed by atoms with Crippen LogP contribution in [0.2, 0.25) is 0 Å². The topological polar surface area (TPSA) is 12.0 Å². The lowest BCUT2D eigenvalue weighted by Gasteiger charge is -1.93. The van der Waals surface area contributed by atoms with Gasteiger partial charge in [0.05, 0.1) is 0 Å². The lowest BCUT2D eigenvalue weighted by Crippen LogP contribution is -2.18. The van der Waals surface area contributed by atoms with Crippen LogP contribution in [0, 0.1) is 0 Å². The number of nitrogens with one attached hydrogen (secondary N) is 1. The second kappa shape index (κ2) is 31.3. The molecule has 0 saturated carbocycles. The average molecular weight is 202 g/mol. The Labute approximate surface area is 81.5 Å². The molecule has 0 rings (SSSR count). The van der Waals surface area contributed by atoms with Crippen LogP contribution in [0.15, 0.2) is 0 Å². The molecule has 0 atom stereocenters. The highest BCUT2D eigenvalue weighted by molar-refractivity contribution is 6.18. The number of rotatable bonds is 4. The molecule has 0 amide bonds. The highest BCUT2D eigenvalue weighted by atomic mass is 35.5. The third-order valence-electron chi connectivity index (χ3n) is 0.543. The Morgan fingerprint density at radius 3 is 1.27 bits per heavy atom. The molecule has 1 N–H and O–H groups in total. The van der Waals surface area contributed by atoms with Gasteiger partial charge in [-0.05, 0) is 0 Å². The van der Waals surface area contributed by atoms with Crippen molar-refractivity contribution in [3.63, 3.8) is 0 Å². The lowest BCUT2D eigenvalue weighted by molar-refractivity contribution is 0.770. The minimum atomic E-state index is 0.664. The summed E-state index contributed by atoms with van der Waals surface area (Å²) in [7, 11) is 0. The van der Waals surface area contributed by atoms with Crippen molar-refractivity contribution >= 4 is 23.2 Å². The Hall–Kier alpha value is 0.540. The van der Waals surface area contributed by atoms with Crippen LogP contribution in [0.25, 0.3) is 0 Å². The molecule has 0 aromatic heterocycles. The van der Waals surface area contributed by atoms with E-state index in [4.69, 9.17) is 23.2 Å². The van der Waals surface area contributed by atoms with E-state index in [0.717, 1.165) is 13.1 Å². The molecule has 0 fully saturated rings. The number of alkyl halides is 2. The van der Waals surface area contributed by atoms with Crippen molar-refractivity contribution < 1.29 is 0 Å². The summed E-state index contributed by atoms with van der Waals surface area (Å²) in [6.07, 6.45) is 0. The fraction of sp³-hybridized carbons (Fsp3) is 1.00. The van der Waals surface area contributed by atoms with Crippen molar-refractivity contribution in [3.8, 4) is 0 Å². The summed E-state index contributed by atoms with van der Waals surface area (Å²) in [6.45, 7) is 9.71. The van der Waals surface area contributed by atoms with E-state index in [-0.39, 0.29) is 0 Å². The van der Waals surface area contributed by atoms with E-state index in [9.17, 15) is 0 Å². The van der Waals surface area contributed by atoms with Gasteiger partial charge in [0.25, 0.3) is 0 Å². The maximum absolute atomic E-state index is 5.33. The molecule has 0 radical (unpaired) electrons. The van der Waals surface area contributed by atoms with Gasteiger partial charge in [-0.15, -0.1) is 23.2 Å². The van der Waals surface area contributed by atoms with Crippen molar-refractivity contribution in [1.29, 1.82) is 0 Å². The second-order valence-electron chi connectivity index (χ2n) is 1.13. The van der Waals surface area contributed by atoms with E-state index < -0.39 is 0 Å². The van der Waals surface area contributed by atoms with E-state index in [1.165, 1.54) is 0 Å². The van der Waals surface area contributed by atoms with Gasteiger partial charge in [-0.25, -0.2) is 0 Å². The molecule has 0 aliphatic rings. The fourth-order valence-corrected chi connectivity index (χ4v) is 0.526. The molecule has 3 heteroatoms. The molecule has 0 aromatic carbocycles. The number of hydrogen-bond acceptors (Lipinski definition) is 1. The Balaban J connectivity index is -0.000000138.